The molecule has 24 heavy (non-hydrogen) atoms. The molecule has 1 atom stereocenters. The minimum Gasteiger partial charge on any atom is -0.363 e. The number of nitrogens with one attached hydrogen (secondary N) is 1. The number of rotatable bonds is 6. The van der Waals surface area contributed by atoms with Crippen molar-refractivity contribution < 1.29 is 14.4 Å². The average molecular weight is 349 g/mol. The number of benzene rings is 1. The van der Waals surface area contributed by atoms with Gasteiger partial charge in [-0.2, -0.15) is 0 Å². The Morgan fingerprint density at radius 3 is 2.58 bits per heavy atom. The summed E-state index contributed by atoms with van der Waals surface area (Å²) >= 11 is 5.88. The van der Waals surface area contributed by atoms with Gasteiger partial charge >= 0.3 is 5.97 Å². The summed E-state index contributed by atoms with van der Waals surface area (Å²) < 4.78 is 0. The third-order valence-electron chi connectivity index (χ3n) is 3.31. The molecule has 1 heterocycles. The van der Waals surface area contributed by atoms with E-state index in [0.29, 0.717) is 11.3 Å². The number of hydroxylamine groups is 2. The first kappa shape index (κ1) is 17.8. The van der Waals surface area contributed by atoms with Crippen LogP contribution in [0.15, 0.2) is 42.7 Å². The van der Waals surface area contributed by atoms with Crippen molar-refractivity contribution in [1.82, 2.24) is 20.3 Å². The summed E-state index contributed by atoms with van der Waals surface area (Å²) in [4.78, 5) is 37.2. The maximum atomic E-state index is 12.2. The Labute approximate surface area is 144 Å². The van der Waals surface area contributed by atoms with Crippen LogP contribution >= 0.6 is 11.6 Å². The molecule has 0 fully saturated rings. The third-order valence-corrected chi connectivity index (χ3v) is 3.63. The summed E-state index contributed by atoms with van der Waals surface area (Å²) in [5.74, 6) is -0.866. The number of halogens is 1. The van der Waals surface area contributed by atoms with Crippen LogP contribution in [0.3, 0.4) is 0 Å². The molecule has 1 aromatic carbocycles. The zero-order valence-corrected chi connectivity index (χ0v) is 14.0. The molecule has 1 amide bonds. The van der Waals surface area contributed by atoms with E-state index < -0.39 is 12.0 Å². The highest BCUT2D eigenvalue weighted by atomic mass is 35.5. The normalized spacial score (nSPS) is 11.8. The maximum absolute atomic E-state index is 12.2. The molecular formula is C16H17ClN4O3. The lowest BCUT2D eigenvalue weighted by Crippen LogP contribution is -2.43. The van der Waals surface area contributed by atoms with E-state index in [1.807, 2.05) is 0 Å². The van der Waals surface area contributed by atoms with Crippen molar-refractivity contribution in [2.24, 2.45) is 0 Å². The van der Waals surface area contributed by atoms with E-state index >= 15 is 0 Å². The van der Waals surface area contributed by atoms with Crippen molar-refractivity contribution in [3.8, 4) is 0 Å². The topological polar surface area (TPSA) is 84.4 Å². The lowest BCUT2D eigenvalue weighted by Gasteiger charge is -2.22. The van der Waals surface area contributed by atoms with Crippen LogP contribution in [-0.4, -0.2) is 40.0 Å². The molecule has 0 spiro atoms. The largest absolute Gasteiger partial charge is 0.363 e. The molecule has 0 aliphatic rings. The van der Waals surface area contributed by atoms with Crippen LogP contribution in [-0.2, 0) is 16.2 Å². The van der Waals surface area contributed by atoms with E-state index in [4.69, 9.17) is 16.4 Å². The Morgan fingerprint density at radius 2 is 1.92 bits per heavy atom. The summed E-state index contributed by atoms with van der Waals surface area (Å²) in [6.45, 7) is 1.75. The second-order valence-corrected chi connectivity index (χ2v) is 5.34. The summed E-state index contributed by atoms with van der Waals surface area (Å²) in [6, 6.07) is 7.85. The highest BCUT2D eigenvalue weighted by molar-refractivity contribution is 6.29. The monoisotopic (exact) mass is 348 g/mol. The van der Waals surface area contributed by atoms with E-state index in [2.05, 4.69) is 15.3 Å². The number of hydrogen-bond donors (Lipinski definition) is 1. The van der Waals surface area contributed by atoms with Crippen LogP contribution in [0.1, 0.15) is 23.0 Å². The minimum atomic E-state index is -0.687. The fourth-order valence-electron chi connectivity index (χ4n) is 1.79. The molecule has 2 rings (SSSR count). The van der Waals surface area contributed by atoms with Crippen molar-refractivity contribution in [1.29, 1.82) is 0 Å². The number of amides is 1. The van der Waals surface area contributed by atoms with E-state index in [9.17, 15) is 9.59 Å². The van der Waals surface area contributed by atoms with E-state index in [0.717, 1.165) is 0 Å². The third kappa shape index (κ3) is 4.74. The van der Waals surface area contributed by atoms with Gasteiger partial charge in [0.25, 0.3) is 0 Å². The van der Waals surface area contributed by atoms with Gasteiger partial charge in [0.1, 0.15) is 6.04 Å². The van der Waals surface area contributed by atoms with Crippen molar-refractivity contribution in [2.75, 3.05) is 7.05 Å². The standard InChI is InChI=1S/C16H17ClN4O3/c1-11(15(22)20-10-13-14(17)19-9-8-18-13)21(2)24-16(23)12-6-4-3-5-7-12/h3-9,11H,10H2,1-2H3,(H,20,22)/t11-/m0/s1. The van der Waals surface area contributed by atoms with Crippen LogP contribution < -0.4 is 5.32 Å². The SMILES string of the molecule is C[C@@H](C(=O)NCc1nccnc1Cl)N(C)OC(=O)c1ccccc1. The molecule has 0 bridgehead atoms. The van der Waals surface area contributed by atoms with Gasteiger partial charge in [-0.25, -0.2) is 9.78 Å². The summed E-state index contributed by atoms with van der Waals surface area (Å²) in [5, 5.41) is 4.10. The number of aromatic nitrogens is 2. The lowest BCUT2D eigenvalue weighted by atomic mass is 10.2. The number of nitrogens with zero attached hydrogens (tertiary/aromatic N) is 3. The molecule has 0 radical (unpaired) electrons. The van der Waals surface area contributed by atoms with Crippen molar-refractivity contribution >= 4 is 23.5 Å². The van der Waals surface area contributed by atoms with E-state index in [1.165, 1.54) is 24.5 Å². The van der Waals surface area contributed by atoms with Crippen LogP contribution in [0.25, 0.3) is 0 Å². The quantitative estimate of drug-likeness (QED) is 0.802. The second kappa shape index (κ2) is 8.37. The van der Waals surface area contributed by atoms with Gasteiger partial charge in [0.05, 0.1) is 17.8 Å². The zero-order valence-electron chi connectivity index (χ0n) is 13.3. The summed E-state index contributed by atoms with van der Waals surface area (Å²) in [6.07, 6.45) is 2.96. The van der Waals surface area contributed by atoms with Gasteiger partial charge in [0.15, 0.2) is 5.15 Å². The smallest absolute Gasteiger partial charge is 0.357 e. The second-order valence-electron chi connectivity index (χ2n) is 4.98. The molecule has 0 aliphatic heterocycles. The van der Waals surface area contributed by atoms with Gasteiger partial charge in [0.2, 0.25) is 5.91 Å². The molecule has 0 saturated carbocycles. The summed E-state index contributed by atoms with van der Waals surface area (Å²) in [7, 11) is 1.51. The number of likely N-dealkylation sites (N-methyl/N-ethyl adjacent to an activating group) is 1. The Kier molecular flexibility index (Phi) is 6.22. The number of carbonyl (C=O) groups excluding carboxylic acids is 2. The van der Waals surface area contributed by atoms with E-state index in [-0.39, 0.29) is 17.6 Å². The van der Waals surface area contributed by atoms with Gasteiger partial charge in [0, 0.05) is 19.4 Å². The summed E-state index contributed by atoms with van der Waals surface area (Å²) in [5.41, 5.74) is 0.868. The molecule has 0 aliphatic carbocycles. The zero-order chi connectivity index (χ0) is 17.5. The number of carbonyl (C=O) groups is 2. The Hall–Kier alpha value is -2.51. The van der Waals surface area contributed by atoms with Crippen molar-refractivity contribution in [3.05, 3.63) is 59.1 Å². The first-order chi connectivity index (χ1) is 11.5. The molecular weight excluding hydrogens is 332 g/mol. The van der Waals surface area contributed by atoms with Gasteiger partial charge in [-0.05, 0) is 19.1 Å². The number of hydrogen-bond acceptors (Lipinski definition) is 6. The Balaban J connectivity index is 1.88. The van der Waals surface area contributed by atoms with Crippen LogP contribution in [0.5, 0.6) is 0 Å². The fraction of sp³-hybridized carbons (Fsp3) is 0.250. The molecule has 1 aromatic heterocycles. The first-order valence-corrected chi connectivity index (χ1v) is 7.60. The van der Waals surface area contributed by atoms with Gasteiger partial charge in [-0.1, -0.05) is 29.8 Å². The predicted molar refractivity (Wildman–Crippen MR) is 88.0 cm³/mol. The van der Waals surface area contributed by atoms with Crippen LogP contribution in [0.2, 0.25) is 5.15 Å². The Bertz CT molecular complexity index is 711. The van der Waals surface area contributed by atoms with Crippen molar-refractivity contribution in [2.45, 2.75) is 19.5 Å². The average Bonchev–Trinajstić information content (AvgIpc) is 2.60. The lowest BCUT2D eigenvalue weighted by molar-refractivity contribution is -0.147. The van der Waals surface area contributed by atoms with Gasteiger partial charge in [-0.15, -0.1) is 5.06 Å². The van der Waals surface area contributed by atoms with Gasteiger partial charge < -0.3 is 10.2 Å². The first-order valence-electron chi connectivity index (χ1n) is 7.22. The van der Waals surface area contributed by atoms with Crippen LogP contribution in [0.4, 0.5) is 0 Å². The fourth-order valence-corrected chi connectivity index (χ4v) is 1.96. The van der Waals surface area contributed by atoms with Crippen LogP contribution in [0, 0.1) is 0 Å². The van der Waals surface area contributed by atoms with Gasteiger partial charge in [-0.3, -0.25) is 9.78 Å². The van der Waals surface area contributed by atoms with Crippen molar-refractivity contribution in [3.63, 3.8) is 0 Å². The molecule has 0 unspecified atom stereocenters. The predicted octanol–water partition coefficient (Wildman–Crippen LogP) is 1.84. The molecule has 8 heteroatoms. The van der Waals surface area contributed by atoms with E-state index in [1.54, 1.807) is 37.3 Å². The maximum Gasteiger partial charge on any atom is 0.357 e. The highest BCUT2D eigenvalue weighted by Crippen LogP contribution is 2.09. The molecule has 126 valence electrons. The molecule has 0 saturated heterocycles. The Morgan fingerprint density at radius 1 is 1.25 bits per heavy atom. The molecule has 7 nitrogen and oxygen atoms in total. The minimum absolute atomic E-state index is 0.135. The highest BCUT2D eigenvalue weighted by Gasteiger charge is 2.22. The molecule has 1 N–H and O–H groups in total. The molecule has 2 aromatic rings.